The molecule has 8 heteroatoms. The first-order valence-corrected chi connectivity index (χ1v) is 6.78. The van der Waals surface area contributed by atoms with Gasteiger partial charge < -0.3 is 5.73 Å². The second-order valence-electron chi connectivity index (χ2n) is 2.44. The molecule has 2 aromatic rings. The summed E-state index contributed by atoms with van der Waals surface area (Å²) in [4.78, 5) is 0. The molecule has 0 aliphatic heterocycles. The first-order chi connectivity index (χ1) is 7.28. The third-order valence-electron chi connectivity index (χ3n) is 1.42. The highest BCUT2D eigenvalue weighted by Crippen LogP contribution is 2.31. The van der Waals surface area contributed by atoms with Gasteiger partial charge in [0.05, 0.1) is 0 Å². The topological polar surface area (TPSA) is 77.6 Å². The SMILES string of the molecule is CSc1nnc(Sc2ccc(N)nn2)s1. The van der Waals surface area contributed by atoms with E-state index >= 15 is 0 Å². The summed E-state index contributed by atoms with van der Waals surface area (Å²) in [5.74, 6) is 0.418. The van der Waals surface area contributed by atoms with Gasteiger partial charge in [0.1, 0.15) is 10.8 Å². The normalized spacial score (nSPS) is 10.5. The van der Waals surface area contributed by atoms with Crippen LogP contribution in [0.1, 0.15) is 0 Å². The van der Waals surface area contributed by atoms with Crippen molar-refractivity contribution < 1.29 is 0 Å². The summed E-state index contributed by atoms with van der Waals surface area (Å²) in [5, 5.41) is 16.5. The molecule has 0 atom stereocenters. The van der Waals surface area contributed by atoms with E-state index in [1.54, 1.807) is 17.8 Å². The molecule has 0 fully saturated rings. The largest absolute Gasteiger partial charge is 0.382 e. The zero-order chi connectivity index (χ0) is 10.7. The molecule has 5 nitrogen and oxygen atoms in total. The number of nitrogen functional groups attached to an aromatic ring is 1. The molecule has 0 radical (unpaired) electrons. The third kappa shape index (κ3) is 2.80. The van der Waals surface area contributed by atoms with Crippen LogP contribution in [0.4, 0.5) is 5.82 Å². The van der Waals surface area contributed by atoms with E-state index in [1.807, 2.05) is 12.3 Å². The van der Waals surface area contributed by atoms with Crippen molar-refractivity contribution in [1.82, 2.24) is 20.4 Å². The number of hydrogen-bond donors (Lipinski definition) is 1. The number of nitrogens with two attached hydrogens (primary N) is 1. The summed E-state index contributed by atoms with van der Waals surface area (Å²) in [6, 6.07) is 3.53. The summed E-state index contributed by atoms with van der Waals surface area (Å²) in [6.45, 7) is 0. The Morgan fingerprint density at radius 3 is 2.53 bits per heavy atom. The van der Waals surface area contributed by atoms with Gasteiger partial charge in [-0.15, -0.1) is 20.4 Å². The average molecular weight is 257 g/mol. The van der Waals surface area contributed by atoms with Crippen LogP contribution in [0.25, 0.3) is 0 Å². The zero-order valence-electron chi connectivity index (χ0n) is 7.75. The highest BCUT2D eigenvalue weighted by Gasteiger charge is 2.06. The summed E-state index contributed by atoms with van der Waals surface area (Å²) < 4.78 is 1.80. The van der Waals surface area contributed by atoms with E-state index in [0.29, 0.717) is 5.82 Å². The molecule has 0 saturated carbocycles. The molecule has 2 N–H and O–H groups in total. The number of anilines is 1. The van der Waals surface area contributed by atoms with Crippen molar-refractivity contribution in [2.24, 2.45) is 0 Å². The fourth-order valence-electron chi connectivity index (χ4n) is 0.795. The second-order valence-corrected chi connectivity index (χ2v) is 5.73. The van der Waals surface area contributed by atoms with Gasteiger partial charge in [-0.3, -0.25) is 0 Å². The van der Waals surface area contributed by atoms with Crippen molar-refractivity contribution in [3.8, 4) is 0 Å². The Bertz CT molecular complexity index is 440. The summed E-state index contributed by atoms with van der Waals surface area (Å²) in [7, 11) is 0. The van der Waals surface area contributed by atoms with Crippen LogP contribution in [0.3, 0.4) is 0 Å². The molecule has 2 aromatic heterocycles. The molecule has 15 heavy (non-hydrogen) atoms. The lowest BCUT2D eigenvalue weighted by molar-refractivity contribution is 0.926. The fourth-order valence-corrected chi connectivity index (χ4v) is 3.10. The summed E-state index contributed by atoms with van der Waals surface area (Å²) in [5.41, 5.74) is 5.43. The average Bonchev–Trinajstić information content (AvgIpc) is 2.69. The van der Waals surface area contributed by atoms with Gasteiger partial charge in [0.2, 0.25) is 0 Å². The maximum atomic E-state index is 5.43. The highest BCUT2D eigenvalue weighted by atomic mass is 32.2. The van der Waals surface area contributed by atoms with Gasteiger partial charge in [-0.25, -0.2) is 0 Å². The van der Waals surface area contributed by atoms with Crippen molar-refractivity contribution in [2.75, 3.05) is 12.0 Å². The van der Waals surface area contributed by atoms with Crippen molar-refractivity contribution >= 4 is 40.7 Å². The van der Waals surface area contributed by atoms with Crippen LogP contribution in [0.15, 0.2) is 25.8 Å². The Kier molecular flexibility index (Phi) is 3.39. The molecule has 78 valence electrons. The van der Waals surface area contributed by atoms with Gasteiger partial charge in [0.25, 0.3) is 0 Å². The molecule has 0 saturated heterocycles. The number of aromatic nitrogens is 4. The molecule has 0 spiro atoms. The van der Waals surface area contributed by atoms with Crippen LogP contribution in [0.2, 0.25) is 0 Å². The Hall–Kier alpha value is -0.860. The number of rotatable bonds is 3. The maximum absolute atomic E-state index is 5.43. The Labute approximate surface area is 98.9 Å². The third-order valence-corrected chi connectivity index (χ3v) is 4.29. The van der Waals surface area contributed by atoms with E-state index in [-0.39, 0.29) is 0 Å². The van der Waals surface area contributed by atoms with E-state index in [9.17, 15) is 0 Å². The van der Waals surface area contributed by atoms with E-state index in [0.717, 1.165) is 13.7 Å². The van der Waals surface area contributed by atoms with Gasteiger partial charge >= 0.3 is 0 Å². The summed E-state index contributed by atoms with van der Waals surface area (Å²) in [6.07, 6.45) is 1.97. The quantitative estimate of drug-likeness (QED) is 0.840. The van der Waals surface area contributed by atoms with E-state index < -0.39 is 0 Å². The smallest absolute Gasteiger partial charge is 0.181 e. The monoisotopic (exact) mass is 257 g/mol. The predicted molar refractivity (Wildman–Crippen MR) is 62.3 cm³/mol. The van der Waals surface area contributed by atoms with Gasteiger partial charge in [-0.1, -0.05) is 23.1 Å². The van der Waals surface area contributed by atoms with Crippen LogP contribution < -0.4 is 5.73 Å². The van der Waals surface area contributed by atoms with Gasteiger partial charge in [0, 0.05) is 0 Å². The highest BCUT2D eigenvalue weighted by molar-refractivity contribution is 8.02. The fraction of sp³-hybridized carbons (Fsp3) is 0.143. The first kappa shape index (κ1) is 10.7. The van der Waals surface area contributed by atoms with Crippen LogP contribution in [-0.2, 0) is 0 Å². The van der Waals surface area contributed by atoms with Crippen LogP contribution in [0.5, 0.6) is 0 Å². The number of hydrogen-bond acceptors (Lipinski definition) is 8. The minimum absolute atomic E-state index is 0.418. The van der Waals surface area contributed by atoms with E-state index in [1.165, 1.54) is 23.1 Å². The van der Waals surface area contributed by atoms with Crippen molar-refractivity contribution in [1.29, 1.82) is 0 Å². The molecule has 2 heterocycles. The van der Waals surface area contributed by atoms with Gasteiger partial charge in [0.15, 0.2) is 8.68 Å². The van der Waals surface area contributed by atoms with E-state index in [2.05, 4.69) is 20.4 Å². The van der Waals surface area contributed by atoms with Gasteiger partial charge in [-0.05, 0) is 30.2 Å². The van der Waals surface area contributed by atoms with Gasteiger partial charge in [-0.2, -0.15) is 0 Å². The van der Waals surface area contributed by atoms with Crippen LogP contribution in [-0.4, -0.2) is 26.7 Å². The zero-order valence-corrected chi connectivity index (χ0v) is 10.2. The molecule has 0 aliphatic carbocycles. The molecule has 0 aliphatic rings. The minimum Gasteiger partial charge on any atom is -0.382 e. The Balaban J connectivity index is 2.11. The van der Waals surface area contributed by atoms with Crippen molar-refractivity contribution in [2.45, 2.75) is 13.7 Å². The standard InChI is InChI=1S/C7H7N5S3/c1-13-6-11-12-7(15-6)14-5-3-2-4(8)9-10-5/h2-3H,1H3,(H2,8,9). The molecular weight excluding hydrogens is 250 g/mol. The lowest BCUT2D eigenvalue weighted by Gasteiger charge is -1.94. The number of nitrogens with zero attached hydrogens (tertiary/aromatic N) is 4. The van der Waals surface area contributed by atoms with Crippen LogP contribution >= 0.6 is 34.9 Å². The maximum Gasteiger partial charge on any atom is 0.181 e. The lowest BCUT2D eigenvalue weighted by atomic mass is 10.5. The second kappa shape index (κ2) is 4.77. The van der Waals surface area contributed by atoms with Crippen LogP contribution in [0, 0.1) is 0 Å². The minimum atomic E-state index is 0.418. The molecule has 0 amide bonds. The molecule has 0 bridgehead atoms. The first-order valence-electron chi connectivity index (χ1n) is 3.92. The Morgan fingerprint density at radius 2 is 1.93 bits per heavy atom. The van der Waals surface area contributed by atoms with E-state index in [4.69, 9.17) is 5.73 Å². The molecule has 0 aromatic carbocycles. The lowest BCUT2D eigenvalue weighted by Crippen LogP contribution is -1.92. The molecule has 2 rings (SSSR count). The van der Waals surface area contributed by atoms with Crippen molar-refractivity contribution in [3.63, 3.8) is 0 Å². The summed E-state index contributed by atoms with van der Waals surface area (Å²) >= 11 is 4.55. The Morgan fingerprint density at radius 1 is 1.13 bits per heavy atom. The molecule has 0 unspecified atom stereocenters. The van der Waals surface area contributed by atoms with Crippen molar-refractivity contribution in [3.05, 3.63) is 12.1 Å². The predicted octanol–water partition coefficient (Wildman–Crippen LogP) is 1.78. The number of thioether (sulfide) groups is 1. The molecular formula is C7H7N5S3.